The molecule has 7 heteroatoms. The summed E-state index contributed by atoms with van der Waals surface area (Å²) in [7, 11) is 0. The largest absolute Gasteiger partial charge is 0.433 e. The van der Waals surface area contributed by atoms with E-state index in [4.69, 9.17) is 28.4 Å². The van der Waals surface area contributed by atoms with Gasteiger partial charge in [-0.05, 0) is 28.7 Å². The van der Waals surface area contributed by atoms with E-state index in [0.29, 0.717) is 26.2 Å². The Balaban J connectivity index is 1.30. The highest BCUT2D eigenvalue weighted by molar-refractivity contribution is 5.69. The summed E-state index contributed by atoms with van der Waals surface area (Å²) in [5, 5.41) is 0. The first-order valence-corrected chi connectivity index (χ1v) is 20.6. The van der Waals surface area contributed by atoms with Crippen molar-refractivity contribution in [1.29, 1.82) is 0 Å². The molecule has 0 aliphatic carbocycles. The zero-order chi connectivity index (χ0) is 38.2. The zero-order valence-electron chi connectivity index (χ0n) is 32.8. The van der Waals surface area contributed by atoms with Gasteiger partial charge in [0.05, 0.1) is 33.0 Å². The van der Waals surface area contributed by atoms with E-state index < -0.39 is 30.7 Å². The van der Waals surface area contributed by atoms with Crippen molar-refractivity contribution < 1.29 is 33.2 Å². The molecule has 0 amide bonds. The van der Waals surface area contributed by atoms with Crippen molar-refractivity contribution in [2.45, 2.75) is 141 Å². The lowest BCUT2D eigenvalue weighted by Crippen LogP contribution is -2.62. The molecule has 1 aliphatic heterocycles. The third-order valence-electron chi connectivity index (χ3n) is 10.1. The molecule has 0 spiro atoms. The molecule has 0 radical (unpaired) electrons. The fourth-order valence-corrected chi connectivity index (χ4v) is 6.96. The van der Waals surface area contributed by atoms with Crippen LogP contribution in [0.1, 0.15) is 106 Å². The van der Waals surface area contributed by atoms with Gasteiger partial charge >= 0.3 is 5.97 Å². The second-order valence-corrected chi connectivity index (χ2v) is 14.6. The lowest BCUT2D eigenvalue weighted by molar-refractivity contribution is -0.320. The van der Waals surface area contributed by atoms with Crippen LogP contribution in [0.5, 0.6) is 0 Å². The Morgan fingerprint density at radius 1 is 0.491 bits per heavy atom. The number of rotatable bonds is 26. The predicted octanol–water partition coefficient (Wildman–Crippen LogP) is 10.9. The lowest BCUT2D eigenvalue weighted by atomic mass is 9.97. The number of hydrogen-bond donors (Lipinski definition) is 0. The molecular weight excluding hydrogens is 689 g/mol. The van der Waals surface area contributed by atoms with Crippen LogP contribution < -0.4 is 0 Å². The van der Waals surface area contributed by atoms with Gasteiger partial charge in [-0.1, -0.05) is 192 Å². The molecule has 5 atom stereocenters. The highest BCUT2D eigenvalue weighted by Crippen LogP contribution is 2.32. The molecule has 5 rings (SSSR count). The summed E-state index contributed by atoms with van der Waals surface area (Å²) in [5.74, 6) is -0.302. The van der Waals surface area contributed by atoms with Crippen molar-refractivity contribution >= 4 is 5.97 Å². The SMILES string of the molecule is CCCCCCCCCCCCCC(=O)O[C@H]1O[C@H](COCc2ccccc2)[C@@H](OCc2ccccc2)[C@H](OCc2ccccc2)[C@H]1OCc1ccccc1. The minimum absolute atomic E-state index is 0.206. The van der Waals surface area contributed by atoms with Gasteiger partial charge in [0, 0.05) is 6.42 Å². The van der Waals surface area contributed by atoms with E-state index in [1.54, 1.807) is 0 Å². The Morgan fingerprint density at radius 2 is 0.891 bits per heavy atom. The number of benzene rings is 4. The molecule has 0 bridgehead atoms. The monoisotopic (exact) mass is 750 g/mol. The van der Waals surface area contributed by atoms with Crippen LogP contribution in [0.2, 0.25) is 0 Å². The van der Waals surface area contributed by atoms with E-state index in [1.807, 2.05) is 121 Å². The molecule has 0 aromatic heterocycles. The maximum absolute atomic E-state index is 13.5. The maximum Gasteiger partial charge on any atom is 0.308 e. The van der Waals surface area contributed by atoms with Crippen molar-refractivity contribution in [3.8, 4) is 0 Å². The van der Waals surface area contributed by atoms with Crippen molar-refractivity contribution in [2.24, 2.45) is 0 Å². The summed E-state index contributed by atoms with van der Waals surface area (Å²) in [6.45, 7) is 3.81. The third kappa shape index (κ3) is 15.7. The summed E-state index contributed by atoms with van der Waals surface area (Å²) in [6.07, 6.45) is 10.0. The second kappa shape index (κ2) is 25.3. The average Bonchev–Trinajstić information content (AvgIpc) is 3.22. The Kier molecular flexibility index (Phi) is 19.5. The number of carbonyl (C=O) groups is 1. The highest BCUT2D eigenvalue weighted by atomic mass is 16.7. The van der Waals surface area contributed by atoms with E-state index in [-0.39, 0.29) is 19.2 Å². The predicted molar refractivity (Wildman–Crippen MR) is 217 cm³/mol. The van der Waals surface area contributed by atoms with Gasteiger partial charge in [0.2, 0.25) is 6.29 Å². The summed E-state index contributed by atoms with van der Waals surface area (Å²) in [4.78, 5) is 13.5. The maximum atomic E-state index is 13.5. The molecule has 0 unspecified atom stereocenters. The summed E-state index contributed by atoms with van der Waals surface area (Å²) in [6, 6.07) is 40.1. The number of carbonyl (C=O) groups excluding carboxylic acids is 1. The van der Waals surface area contributed by atoms with Crippen LogP contribution in [0.25, 0.3) is 0 Å². The van der Waals surface area contributed by atoms with Crippen LogP contribution in [0, 0.1) is 0 Å². The van der Waals surface area contributed by atoms with E-state index in [9.17, 15) is 4.79 Å². The molecule has 296 valence electrons. The van der Waals surface area contributed by atoms with Gasteiger partial charge in [-0.25, -0.2) is 0 Å². The van der Waals surface area contributed by atoms with Crippen molar-refractivity contribution in [2.75, 3.05) is 6.61 Å². The molecule has 4 aromatic rings. The van der Waals surface area contributed by atoms with Crippen molar-refractivity contribution in [3.63, 3.8) is 0 Å². The van der Waals surface area contributed by atoms with Crippen LogP contribution in [-0.2, 0) is 59.6 Å². The van der Waals surface area contributed by atoms with Gasteiger partial charge in [-0.15, -0.1) is 0 Å². The van der Waals surface area contributed by atoms with Gasteiger partial charge in [0.25, 0.3) is 0 Å². The van der Waals surface area contributed by atoms with E-state index in [2.05, 4.69) is 6.92 Å². The topological polar surface area (TPSA) is 72.5 Å². The molecular formula is C48H62O7. The lowest BCUT2D eigenvalue weighted by Gasteiger charge is -2.45. The summed E-state index contributed by atoms with van der Waals surface area (Å²) < 4.78 is 39.3. The summed E-state index contributed by atoms with van der Waals surface area (Å²) >= 11 is 0. The molecule has 4 aromatic carbocycles. The highest BCUT2D eigenvalue weighted by Gasteiger charge is 2.50. The number of ether oxygens (including phenoxy) is 6. The first-order chi connectivity index (χ1) is 27.2. The standard InChI is InChI=1S/C48H62O7/c1-2-3-4-5-6-7-8-9-10-11-24-33-44(49)55-48-47(53-37-42-31-22-15-23-32-42)46(52-36-41-29-20-14-21-30-41)45(51-35-40-27-18-13-19-28-40)43(54-48)38-50-34-39-25-16-12-17-26-39/h12-23,25-32,43,45-48H,2-11,24,33-38H2,1H3/t43-,45-,46+,47-,48-/m1/s1. The quantitative estimate of drug-likeness (QED) is 0.0467. The van der Waals surface area contributed by atoms with E-state index in [1.165, 1.54) is 51.4 Å². The fourth-order valence-electron chi connectivity index (χ4n) is 6.96. The van der Waals surface area contributed by atoms with Crippen LogP contribution >= 0.6 is 0 Å². The molecule has 0 N–H and O–H groups in total. The zero-order valence-corrected chi connectivity index (χ0v) is 32.8. The first-order valence-electron chi connectivity index (χ1n) is 20.6. The molecule has 1 fully saturated rings. The van der Waals surface area contributed by atoms with E-state index in [0.717, 1.165) is 41.5 Å². The van der Waals surface area contributed by atoms with Crippen LogP contribution in [0.3, 0.4) is 0 Å². The van der Waals surface area contributed by atoms with Gasteiger partial charge < -0.3 is 28.4 Å². The second-order valence-electron chi connectivity index (χ2n) is 14.6. The molecule has 1 aliphatic rings. The number of unbranched alkanes of at least 4 members (excludes halogenated alkanes) is 10. The molecule has 7 nitrogen and oxygen atoms in total. The Bertz CT molecular complexity index is 1550. The number of hydrogen-bond acceptors (Lipinski definition) is 7. The van der Waals surface area contributed by atoms with Gasteiger partial charge in [-0.2, -0.15) is 0 Å². The molecule has 1 saturated heterocycles. The molecule has 1 heterocycles. The molecule has 55 heavy (non-hydrogen) atoms. The fraction of sp³-hybridized carbons (Fsp3) is 0.479. The van der Waals surface area contributed by atoms with Gasteiger partial charge in [-0.3, -0.25) is 4.79 Å². The van der Waals surface area contributed by atoms with Crippen LogP contribution in [0.4, 0.5) is 0 Å². The average molecular weight is 751 g/mol. The Morgan fingerprint density at radius 3 is 1.36 bits per heavy atom. The van der Waals surface area contributed by atoms with Crippen molar-refractivity contribution in [3.05, 3.63) is 144 Å². The van der Waals surface area contributed by atoms with Crippen molar-refractivity contribution in [1.82, 2.24) is 0 Å². The Hall–Kier alpha value is -3.85. The van der Waals surface area contributed by atoms with Crippen LogP contribution in [-0.4, -0.2) is 43.3 Å². The first kappa shape index (κ1) is 42.3. The minimum atomic E-state index is -1.02. The van der Waals surface area contributed by atoms with Gasteiger partial charge in [0.1, 0.15) is 24.4 Å². The Labute approximate surface area is 329 Å². The number of esters is 1. The van der Waals surface area contributed by atoms with Gasteiger partial charge in [0.15, 0.2) is 0 Å². The summed E-state index contributed by atoms with van der Waals surface area (Å²) in [5.41, 5.74) is 4.08. The van der Waals surface area contributed by atoms with E-state index >= 15 is 0 Å². The van der Waals surface area contributed by atoms with Crippen LogP contribution in [0.15, 0.2) is 121 Å². The molecule has 0 saturated carbocycles. The normalized spacial score (nSPS) is 19.6. The minimum Gasteiger partial charge on any atom is -0.433 e. The smallest absolute Gasteiger partial charge is 0.308 e. The third-order valence-corrected chi connectivity index (χ3v) is 10.1.